The van der Waals surface area contributed by atoms with Gasteiger partial charge in [-0.2, -0.15) is 0 Å². The molecule has 0 bridgehead atoms. The maximum absolute atomic E-state index is 12.6. The van der Waals surface area contributed by atoms with E-state index < -0.39 is 22.5 Å². The van der Waals surface area contributed by atoms with Crippen LogP contribution in [0, 0.1) is 17.0 Å². The van der Waals surface area contributed by atoms with Crippen LogP contribution in [-0.4, -0.2) is 33.9 Å². The third-order valence-electron chi connectivity index (χ3n) is 3.92. The molecule has 1 heterocycles. The van der Waals surface area contributed by atoms with Crippen molar-refractivity contribution in [2.24, 2.45) is 0 Å². The highest BCUT2D eigenvalue weighted by atomic mass is 16.6. The largest absolute Gasteiger partial charge is 0.465 e. The van der Waals surface area contributed by atoms with Gasteiger partial charge >= 0.3 is 11.7 Å². The maximum atomic E-state index is 12.6. The van der Waals surface area contributed by atoms with Crippen LogP contribution in [0.2, 0.25) is 0 Å². The first-order valence-electron chi connectivity index (χ1n) is 7.70. The predicted octanol–water partition coefficient (Wildman–Crippen LogP) is 2.11. The number of ether oxygens (including phenoxy) is 1. The molecule has 0 saturated carbocycles. The van der Waals surface area contributed by atoms with Crippen LogP contribution in [-0.2, 0) is 4.74 Å². The SMILES string of the molecule is COC(=O)c1cc(C(=O)Nc2cc3[nH]c(=O)[nH]c3cc2C)cc([N+](=O)[O-])c1. The number of hydrogen-bond acceptors (Lipinski definition) is 6. The first-order valence-corrected chi connectivity index (χ1v) is 7.70. The summed E-state index contributed by atoms with van der Waals surface area (Å²) >= 11 is 0. The standard InChI is InChI=1S/C17H14N4O6/c1-8-3-13-14(20-17(24)19-13)7-12(8)18-15(22)9-4-10(16(23)27-2)6-11(5-9)21(25)26/h3-7H,1-2H3,(H,18,22)(H2,19,20,24). The number of hydrogen-bond donors (Lipinski definition) is 3. The number of benzene rings is 2. The fraction of sp³-hybridized carbons (Fsp3) is 0.118. The number of methoxy groups -OCH3 is 1. The van der Waals surface area contributed by atoms with Crippen molar-refractivity contribution in [2.75, 3.05) is 12.4 Å². The summed E-state index contributed by atoms with van der Waals surface area (Å²) in [4.78, 5) is 51.2. The number of fused-ring (bicyclic) bond motifs is 1. The molecule has 10 heteroatoms. The quantitative estimate of drug-likeness (QED) is 0.364. The van der Waals surface area contributed by atoms with E-state index in [1.165, 1.54) is 6.07 Å². The summed E-state index contributed by atoms with van der Waals surface area (Å²) in [5.74, 6) is -1.44. The van der Waals surface area contributed by atoms with Crippen LogP contribution in [0.3, 0.4) is 0 Å². The zero-order chi connectivity index (χ0) is 19.7. The lowest BCUT2D eigenvalue weighted by molar-refractivity contribution is -0.384. The molecule has 10 nitrogen and oxygen atoms in total. The number of nitrogens with one attached hydrogen (secondary N) is 3. The average Bonchev–Trinajstić information content (AvgIpc) is 2.99. The zero-order valence-corrected chi connectivity index (χ0v) is 14.3. The number of rotatable bonds is 4. The van der Waals surface area contributed by atoms with Gasteiger partial charge in [0.15, 0.2) is 0 Å². The molecule has 0 unspecified atom stereocenters. The molecule has 0 aliphatic heterocycles. The van der Waals surface area contributed by atoms with Crippen LogP contribution in [0.4, 0.5) is 11.4 Å². The summed E-state index contributed by atoms with van der Waals surface area (Å²) < 4.78 is 4.56. The molecule has 0 aliphatic rings. The normalized spacial score (nSPS) is 10.6. The van der Waals surface area contributed by atoms with Crippen molar-refractivity contribution in [3.63, 3.8) is 0 Å². The topological polar surface area (TPSA) is 147 Å². The minimum atomic E-state index is -0.796. The van der Waals surface area contributed by atoms with Crippen molar-refractivity contribution < 1.29 is 19.2 Å². The number of amides is 1. The van der Waals surface area contributed by atoms with Crippen molar-refractivity contribution in [1.29, 1.82) is 0 Å². The van der Waals surface area contributed by atoms with Crippen LogP contribution < -0.4 is 11.0 Å². The van der Waals surface area contributed by atoms with Gasteiger partial charge in [-0.25, -0.2) is 9.59 Å². The Morgan fingerprint density at radius 1 is 1.07 bits per heavy atom. The summed E-state index contributed by atoms with van der Waals surface area (Å²) in [6.45, 7) is 1.73. The maximum Gasteiger partial charge on any atom is 0.338 e. The number of nitrogens with zero attached hydrogens (tertiary/aromatic N) is 1. The lowest BCUT2D eigenvalue weighted by Crippen LogP contribution is -2.14. The number of nitro benzene ring substituents is 1. The number of aryl methyl sites for hydroxylation is 1. The molecule has 3 N–H and O–H groups in total. The number of carbonyl (C=O) groups is 2. The highest BCUT2D eigenvalue weighted by molar-refractivity contribution is 6.07. The molecule has 3 rings (SSSR count). The number of imidazole rings is 1. The molecule has 3 aromatic rings. The van der Waals surface area contributed by atoms with Crippen LogP contribution in [0.15, 0.2) is 35.1 Å². The molecule has 0 radical (unpaired) electrons. The summed E-state index contributed by atoms with van der Waals surface area (Å²) in [6, 6.07) is 6.55. The Morgan fingerprint density at radius 3 is 2.33 bits per heavy atom. The van der Waals surface area contributed by atoms with E-state index in [9.17, 15) is 24.5 Å². The molecule has 2 aromatic carbocycles. The van der Waals surface area contributed by atoms with Gasteiger partial charge in [-0.15, -0.1) is 0 Å². The Bertz CT molecular complexity index is 1140. The van der Waals surface area contributed by atoms with Crippen LogP contribution in [0.25, 0.3) is 11.0 Å². The number of carbonyl (C=O) groups excluding carboxylic acids is 2. The Labute approximate surface area is 151 Å². The highest BCUT2D eigenvalue weighted by Gasteiger charge is 2.19. The fourth-order valence-corrected chi connectivity index (χ4v) is 2.60. The number of anilines is 1. The molecule has 138 valence electrons. The molecule has 1 amide bonds. The van der Waals surface area contributed by atoms with Crippen molar-refractivity contribution in [3.05, 3.63) is 67.6 Å². The van der Waals surface area contributed by atoms with Crippen LogP contribution in [0.5, 0.6) is 0 Å². The highest BCUT2D eigenvalue weighted by Crippen LogP contribution is 2.23. The monoisotopic (exact) mass is 370 g/mol. The van der Waals surface area contributed by atoms with Gasteiger partial charge in [0.25, 0.3) is 11.6 Å². The van der Waals surface area contributed by atoms with E-state index in [1.54, 1.807) is 19.1 Å². The summed E-state index contributed by atoms with van der Waals surface area (Å²) in [5.41, 5.74) is 1.18. The van der Waals surface area contributed by atoms with Crippen molar-refractivity contribution in [2.45, 2.75) is 6.92 Å². The van der Waals surface area contributed by atoms with Crippen molar-refractivity contribution >= 4 is 34.3 Å². The van der Waals surface area contributed by atoms with E-state index >= 15 is 0 Å². The Morgan fingerprint density at radius 2 is 1.70 bits per heavy atom. The molecular weight excluding hydrogens is 356 g/mol. The Hall–Kier alpha value is -3.95. The minimum absolute atomic E-state index is 0.0772. The third-order valence-corrected chi connectivity index (χ3v) is 3.92. The van der Waals surface area contributed by atoms with Gasteiger partial charge in [-0.1, -0.05) is 0 Å². The van der Waals surface area contributed by atoms with Crippen molar-refractivity contribution in [3.8, 4) is 0 Å². The second-order valence-electron chi connectivity index (χ2n) is 5.76. The number of H-pyrrole nitrogens is 2. The Kier molecular flexibility index (Phi) is 4.46. The van der Waals surface area contributed by atoms with Crippen molar-refractivity contribution in [1.82, 2.24) is 9.97 Å². The second kappa shape index (κ2) is 6.75. The van der Waals surface area contributed by atoms with E-state index in [4.69, 9.17) is 0 Å². The number of aromatic amines is 2. The number of non-ortho nitro benzene ring substituents is 1. The van der Waals surface area contributed by atoms with Gasteiger partial charge in [0.1, 0.15) is 0 Å². The lowest BCUT2D eigenvalue weighted by atomic mass is 10.1. The van der Waals surface area contributed by atoms with Crippen LogP contribution in [0.1, 0.15) is 26.3 Å². The van der Waals surface area contributed by atoms with Gasteiger partial charge in [0.05, 0.1) is 28.6 Å². The van der Waals surface area contributed by atoms with E-state index in [2.05, 4.69) is 20.0 Å². The van der Waals surface area contributed by atoms with E-state index in [-0.39, 0.29) is 16.8 Å². The number of esters is 1. The van der Waals surface area contributed by atoms with E-state index in [0.29, 0.717) is 22.3 Å². The molecule has 27 heavy (non-hydrogen) atoms. The van der Waals surface area contributed by atoms with Gasteiger partial charge < -0.3 is 20.0 Å². The average molecular weight is 370 g/mol. The molecule has 0 fully saturated rings. The molecule has 0 aliphatic carbocycles. The summed E-state index contributed by atoms with van der Waals surface area (Å²) in [7, 11) is 1.14. The van der Waals surface area contributed by atoms with Gasteiger partial charge in [-0.05, 0) is 30.7 Å². The van der Waals surface area contributed by atoms with Gasteiger partial charge in [-0.3, -0.25) is 14.9 Å². The van der Waals surface area contributed by atoms with Gasteiger partial charge in [0, 0.05) is 23.4 Å². The van der Waals surface area contributed by atoms with E-state index in [1.807, 2.05) is 0 Å². The zero-order valence-electron chi connectivity index (χ0n) is 14.3. The minimum Gasteiger partial charge on any atom is -0.465 e. The smallest absolute Gasteiger partial charge is 0.338 e. The lowest BCUT2D eigenvalue weighted by Gasteiger charge is -2.09. The van der Waals surface area contributed by atoms with Crippen LogP contribution >= 0.6 is 0 Å². The Balaban J connectivity index is 1.99. The number of aromatic nitrogens is 2. The molecular formula is C17H14N4O6. The fourth-order valence-electron chi connectivity index (χ4n) is 2.60. The molecule has 0 spiro atoms. The predicted molar refractivity (Wildman–Crippen MR) is 96.0 cm³/mol. The first kappa shape index (κ1) is 17.9. The summed E-state index contributed by atoms with van der Waals surface area (Å²) in [5, 5.41) is 13.7. The third kappa shape index (κ3) is 3.54. The van der Waals surface area contributed by atoms with E-state index in [0.717, 1.165) is 19.2 Å². The molecule has 0 saturated heterocycles. The van der Waals surface area contributed by atoms with Gasteiger partial charge in [0.2, 0.25) is 0 Å². The second-order valence-corrected chi connectivity index (χ2v) is 5.76. The molecule has 1 aromatic heterocycles. The summed E-state index contributed by atoms with van der Waals surface area (Å²) in [6.07, 6.45) is 0. The molecule has 0 atom stereocenters. The number of nitro groups is 1. The first-order chi connectivity index (χ1) is 12.8.